The van der Waals surface area contributed by atoms with Crippen LogP contribution in [0.2, 0.25) is 0 Å². The minimum atomic E-state index is -0.690. The lowest BCUT2D eigenvalue weighted by molar-refractivity contribution is 0.0722. The second-order valence-electron chi connectivity index (χ2n) is 6.49. The van der Waals surface area contributed by atoms with Gasteiger partial charge in [-0.1, -0.05) is 30.3 Å². The Morgan fingerprint density at radius 3 is 2.12 bits per heavy atom. The summed E-state index contributed by atoms with van der Waals surface area (Å²) in [6.07, 6.45) is 1.52. The van der Waals surface area contributed by atoms with E-state index in [1.807, 2.05) is 6.07 Å². The predicted octanol–water partition coefficient (Wildman–Crippen LogP) is 5.13. The van der Waals surface area contributed by atoms with Crippen molar-refractivity contribution in [3.63, 3.8) is 0 Å². The Hall–Kier alpha value is -4.31. The fourth-order valence-corrected chi connectivity index (χ4v) is 3.08. The number of hydrogen-bond donors (Lipinski definition) is 0. The molecule has 32 heavy (non-hydrogen) atoms. The van der Waals surface area contributed by atoms with E-state index in [9.17, 15) is 14.4 Å². The lowest BCUT2D eigenvalue weighted by Crippen LogP contribution is -2.12. The molecule has 0 unspecified atom stereocenters. The van der Waals surface area contributed by atoms with Gasteiger partial charge in [0.05, 0.1) is 33.0 Å². The highest BCUT2D eigenvalue weighted by atomic mass is 19.1. The quantitative estimate of drug-likeness (QED) is 0.222. The standard InChI is InChI=1S/C25H20FNO5/c1-29-21-9-6-10-22(30-2)24(21)25(28)32-20-12-11-16(14-23(20)31-3)13-17(15-27)18-7-4-5-8-19(18)26/h4-14H,1-3H3/b17-13-. The lowest BCUT2D eigenvalue weighted by atomic mass is 10.0. The van der Waals surface area contributed by atoms with Crippen LogP contribution in [-0.4, -0.2) is 27.3 Å². The number of methoxy groups -OCH3 is 3. The van der Waals surface area contributed by atoms with E-state index in [2.05, 4.69) is 0 Å². The first kappa shape index (κ1) is 22.4. The number of allylic oxidation sites excluding steroid dienone is 1. The SMILES string of the molecule is COc1cc(/C=C(/C#N)c2ccccc2F)ccc1OC(=O)c1c(OC)cccc1OC. The molecule has 162 valence electrons. The molecule has 6 nitrogen and oxygen atoms in total. The number of rotatable bonds is 7. The molecule has 3 rings (SSSR count). The zero-order chi connectivity index (χ0) is 23.1. The summed E-state index contributed by atoms with van der Waals surface area (Å²) in [4.78, 5) is 12.8. The highest BCUT2D eigenvalue weighted by Crippen LogP contribution is 2.34. The van der Waals surface area contributed by atoms with Crippen LogP contribution in [0.4, 0.5) is 4.39 Å². The summed E-state index contributed by atoms with van der Waals surface area (Å²) < 4.78 is 35.5. The van der Waals surface area contributed by atoms with E-state index in [4.69, 9.17) is 18.9 Å². The Bertz CT molecular complexity index is 1190. The molecule has 0 N–H and O–H groups in total. The molecule has 0 atom stereocenters. The molecule has 3 aromatic carbocycles. The molecular weight excluding hydrogens is 413 g/mol. The number of nitriles is 1. The third-order valence-corrected chi connectivity index (χ3v) is 4.62. The topological polar surface area (TPSA) is 77.8 Å². The number of halogens is 1. The molecule has 0 saturated carbocycles. The maximum absolute atomic E-state index is 14.1. The van der Waals surface area contributed by atoms with E-state index in [0.717, 1.165) is 0 Å². The van der Waals surface area contributed by atoms with E-state index in [1.54, 1.807) is 42.5 Å². The maximum Gasteiger partial charge on any atom is 0.351 e. The molecule has 0 fully saturated rings. The largest absolute Gasteiger partial charge is 0.496 e. The van der Waals surface area contributed by atoms with Gasteiger partial charge in [0.25, 0.3) is 0 Å². The number of carbonyl (C=O) groups is 1. The fraction of sp³-hybridized carbons (Fsp3) is 0.120. The van der Waals surface area contributed by atoms with Gasteiger partial charge in [-0.05, 0) is 42.0 Å². The van der Waals surface area contributed by atoms with Gasteiger partial charge in [-0.25, -0.2) is 9.18 Å². The molecule has 0 spiro atoms. The van der Waals surface area contributed by atoms with Crippen molar-refractivity contribution in [2.45, 2.75) is 0 Å². The van der Waals surface area contributed by atoms with Crippen LogP contribution in [-0.2, 0) is 0 Å². The number of ether oxygens (including phenoxy) is 4. The van der Waals surface area contributed by atoms with Crippen molar-refractivity contribution in [1.29, 1.82) is 5.26 Å². The molecule has 0 amide bonds. The smallest absolute Gasteiger partial charge is 0.351 e. The molecule has 3 aromatic rings. The fourth-order valence-electron chi connectivity index (χ4n) is 3.08. The molecule has 7 heteroatoms. The van der Waals surface area contributed by atoms with Crippen molar-refractivity contribution >= 4 is 17.6 Å². The molecule has 0 saturated heterocycles. The van der Waals surface area contributed by atoms with E-state index < -0.39 is 11.8 Å². The van der Waals surface area contributed by atoms with Gasteiger partial charge in [-0.15, -0.1) is 0 Å². The zero-order valence-corrected chi connectivity index (χ0v) is 17.7. The Morgan fingerprint density at radius 1 is 0.875 bits per heavy atom. The number of esters is 1. The minimum absolute atomic E-state index is 0.134. The molecule has 0 aliphatic carbocycles. The van der Waals surface area contributed by atoms with Crippen LogP contribution in [0.15, 0.2) is 60.7 Å². The van der Waals surface area contributed by atoms with Crippen LogP contribution in [0.3, 0.4) is 0 Å². The van der Waals surface area contributed by atoms with Gasteiger partial charge < -0.3 is 18.9 Å². The second kappa shape index (κ2) is 10.1. The van der Waals surface area contributed by atoms with Gasteiger partial charge in [-0.2, -0.15) is 5.26 Å². The predicted molar refractivity (Wildman–Crippen MR) is 117 cm³/mol. The molecule has 0 heterocycles. The Morgan fingerprint density at radius 2 is 1.53 bits per heavy atom. The van der Waals surface area contributed by atoms with Gasteiger partial charge in [0.15, 0.2) is 11.5 Å². The zero-order valence-electron chi connectivity index (χ0n) is 17.7. The molecule has 0 radical (unpaired) electrons. The first-order valence-electron chi connectivity index (χ1n) is 9.50. The molecule has 0 bridgehead atoms. The van der Waals surface area contributed by atoms with Crippen LogP contribution in [0.25, 0.3) is 11.6 Å². The van der Waals surface area contributed by atoms with Crippen molar-refractivity contribution in [2.75, 3.05) is 21.3 Å². The van der Waals surface area contributed by atoms with Gasteiger partial charge in [0, 0.05) is 5.56 Å². The van der Waals surface area contributed by atoms with Crippen LogP contribution in [0, 0.1) is 17.1 Å². The summed E-state index contributed by atoms with van der Waals surface area (Å²) in [6, 6.07) is 17.7. The third kappa shape index (κ3) is 4.71. The number of carbonyl (C=O) groups excluding carboxylic acids is 1. The summed E-state index contributed by atoms with van der Waals surface area (Å²) in [5.74, 6) is -0.167. The first-order valence-corrected chi connectivity index (χ1v) is 9.50. The molecule has 0 aliphatic rings. The van der Waals surface area contributed by atoms with E-state index in [1.165, 1.54) is 45.6 Å². The Kier molecular flexibility index (Phi) is 7.09. The maximum atomic E-state index is 14.1. The highest BCUT2D eigenvalue weighted by Gasteiger charge is 2.22. The highest BCUT2D eigenvalue weighted by molar-refractivity contribution is 5.97. The van der Waals surface area contributed by atoms with Gasteiger partial charge >= 0.3 is 5.97 Å². The van der Waals surface area contributed by atoms with Gasteiger partial charge in [0.1, 0.15) is 22.9 Å². The van der Waals surface area contributed by atoms with Crippen LogP contribution < -0.4 is 18.9 Å². The summed E-state index contributed by atoms with van der Waals surface area (Å²) >= 11 is 0. The average Bonchev–Trinajstić information content (AvgIpc) is 2.83. The minimum Gasteiger partial charge on any atom is -0.496 e. The number of hydrogen-bond acceptors (Lipinski definition) is 6. The van der Waals surface area contributed by atoms with Gasteiger partial charge in [-0.3, -0.25) is 0 Å². The van der Waals surface area contributed by atoms with E-state index in [-0.39, 0.29) is 28.2 Å². The second-order valence-corrected chi connectivity index (χ2v) is 6.49. The van der Waals surface area contributed by atoms with Crippen molar-refractivity contribution in [2.24, 2.45) is 0 Å². The summed E-state index contributed by atoms with van der Waals surface area (Å²) in [5, 5.41) is 9.48. The monoisotopic (exact) mass is 433 g/mol. The van der Waals surface area contributed by atoms with E-state index >= 15 is 0 Å². The van der Waals surface area contributed by atoms with E-state index in [0.29, 0.717) is 17.1 Å². The number of benzene rings is 3. The third-order valence-electron chi connectivity index (χ3n) is 4.62. The summed E-state index contributed by atoms with van der Waals surface area (Å²) in [6.45, 7) is 0. The molecule has 0 aliphatic heterocycles. The average molecular weight is 433 g/mol. The normalized spacial score (nSPS) is 10.8. The first-order chi connectivity index (χ1) is 15.5. The Balaban J connectivity index is 1.94. The van der Waals surface area contributed by atoms with Crippen molar-refractivity contribution in [3.8, 4) is 29.1 Å². The lowest BCUT2D eigenvalue weighted by Gasteiger charge is -2.14. The Labute approximate surface area is 185 Å². The van der Waals surface area contributed by atoms with Crippen LogP contribution in [0.5, 0.6) is 23.0 Å². The molecular formula is C25H20FNO5. The molecule has 0 aromatic heterocycles. The van der Waals surface area contributed by atoms with Crippen LogP contribution in [0.1, 0.15) is 21.5 Å². The van der Waals surface area contributed by atoms with Crippen molar-refractivity contribution < 1.29 is 28.1 Å². The summed E-state index contributed by atoms with van der Waals surface area (Å²) in [5.41, 5.74) is 1.03. The van der Waals surface area contributed by atoms with Gasteiger partial charge in [0.2, 0.25) is 0 Å². The van der Waals surface area contributed by atoms with Crippen LogP contribution >= 0.6 is 0 Å². The number of nitrogens with zero attached hydrogens (tertiary/aromatic N) is 1. The van der Waals surface area contributed by atoms with Crippen molar-refractivity contribution in [1.82, 2.24) is 0 Å². The summed E-state index contributed by atoms with van der Waals surface area (Å²) in [7, 11) is 4.30. The van der Waals surface area contributed by atoms with Crippen molar-refractivity contribution in [3.05, 3.63) is 83.2 Å².